The first-order chi connectivity index (χ1) is 17.0. The lowest BCUT2D eigenvalue weighted by atomic mass is 9.81. The molecule has 7 rings (SSSR count). The molecule has 2 heteroatoms. The molecule has 0 atom stereocenters. The second-order valence-electron chi connectivity index (χ2n) is 9.90. The Bertz CT molecular complexity index is 1770. The Balaban J connectivity index is 1.44. The summed E-state index contributed by atoms with van der Waals surface area (Å²) in [4.78, 5) is 0. The third-order valence-electron chi connectivity index (χ3n) is 7.57. The zero-order chi connectivity index (χ0) is 23.7. The van der Waals surface area contributed by atoms with Crippen molar-refractivity contribution in [3.63, 3.8) is 0 Å². The summed E-state index contributed by atoms with van der Waals surface area (Å²) < 4.78 is 7.75. The molecule has 6 aromatic rings. The van der Waals surface area contributed by atoms with E-state index in [1.54, 1.807) is 0 Å². The molecule has 1 aliphatic rings. The zero-order valence-electron chi connectivity index (χ0n) is 19.6. The topological polar surface area (TPSA) is 13.1 Å². The van der Waals surface area contributed by atoms with Crippen LogP contribution in [0, 0.1) is 0 Å². The van der Waals surface area contributed by atoms with E-state index in [0.717, 1.165) is 43.1 Å². The molecule has 1 aliphatic carbocycles. The van der Waals surface area contributed by atoms with Crippen LogP contribution in [0.15, 0.2) is 112 Å². The summed E-state index contributed by atoms with van der Waals surface area (Å²) >= 11 is 3.55. The Kier molecular flexibility index (Phi) is 4.40. The van der Waals surface area contributed by atoms with Gasteiger partial charge in [0.15, 0.2) is 0 Å². The summed E-state index contributed by atoms with van der Waals surface area (Å²) in [5, 5.41) is 2.30. The van der Waals surface area contributed by atoms with Gasteiger partial charge in [-0.2, -0.15) is 0 Å². The van der Waals surface area contributed by atoms with E-state index in [1.165, 1.54) is 27.8 Å². The second-order valence-corrected chi connectivity index (χ2v) is 10.8. The van der Waals surface area contributed by atoms with Gasteiger partial charge in [0.1, 0.15) is 11.2 Å². The molecule has 0 amide bonds. The Hall–Kier alpha value is -3.62. The second kappa shape index (κ2) is 7.44. The van der Waals surface area contributed by atoms with Gasteiger partial charge in [0.2, 0.25) is 0 Å². The Morgan fingerprint density at radius 1 is 0.543 bits per heavy atom. The van der Waals surface area contributed by atoms with Crippen LogP contribution < -0.4 is 0 Å². The minimum atomic E-state index is -0.0293. The predicted molar refractivity (Wildman–Crippen MR) is 150 cm³/mol. The van der Waals surface area contributed by atoms with E-state index >= 15 is 0 Å². The van der Waals surface area contributed by atoms with Gasteiger partial charge in [-0.25, -0.2) is 0 Å². The molecule has 0 fully saturated rings. The molecule has 1 nitrogen and oxygen atoms in total. The van der Waals surface area contributed by atoms with Crippen molar-refractivity contribution in [2.24, 2.45) is 0 Å². The van der Waals surface area contributed by atoms with Crippen molar-refractivity contribution >= 4 is 37.9 Å². The van der Waals surface area contributed by atoms with E-state index in [9.17, 15) is 0 Å². The fourth-order valence-corrected chi connectivity index (χ4v) is 6.04. The predicted octanol–water partition coefficient (Wildman–Crippen LogP) is 9.99. The molecular formula is C33H23BrO. The number of benzene rings is 5. The molecule has 0 spiro atoms. The smallest absolute Gasteiger partial charge is 0.143 e. The van der Waals surface area contributed by atoms with Crippen molar-refractivity contribution in [2.45, 2.75) is 19.3 Å². The number of para-hydroxylation sites is 2. The number of hydrogen-bond acceptors (Lipinski definition) is 1. The SMILES string of the molecule is CC1(C)c2ccccc2-c2ccc(-c3cccc4c3oc3c(-c5ccc(Br)cc5)cccc34)cc21. The molecular weight excluding hydrogens is 492 g/mol. The highest BCUT2D eigenvalue weighted by Crippen LogP contribution is 2.50. The van der Waals surface area contributed by atoms with Crippen LogP contribution in [0.5, 0.6) is 0 Å². The summed E-state index contributed by atoms with van der Waals surface area (Å²) in [5.74, 6) is 0. The highest BCUT2D eigenvalue weighted by molar-refractivity contribution is 9.10. The lowest BCUT2D eigenvalue weighted by molar-refractivity contribution is 0.660. The van der Waals surface area contributed by atoms with Crippen LogP contribution >= 0.6 is 15.9 Å². The maximum absolute atomic E-state index is 6.68. The summed E-state index contributed by atoms with van der Waals surface area (Å²) in [6.45, 7) is 4.65. The Labute approximate surface area is 213 Å². The molecule has 0 radical (unpaired) electrons. The number of halogens is 1. The van der Waals surface area contributed by atoms with E-state index in [2.05, 4.69) is 133 Å². The van der Waals surface area contributed by atoms with E-state index in [1.807, 2.05) is 0 Å². The average molecular weight is 515 g/mol. The maximum Gasteiger partial charge on any atom is 0.143 e. The fraction of sp³-hybridized carbons (Fsp3) is 0.0909. The van der Waals surface area contributed by atoms with Crippen LogP contribution in [-0.4, -0.2) is 0 Å². The third kappa shape index (κ3) is 3.00. The minimum absolute atomic E-state index is 0.0293. The van der Waals surface area contributed by atoms with Crippen LogP contribution in [0.4, 0.5) is 0 Å². The van der Waals surface area contributed by atoms with E-state index in [4.69, 9.17) is 4.42 Å². The standard InChI is InChI=1S/C33H23BrO/c1-33(2)29-12-4-3-7-25(29)26-18-15-21(19-30(26)33)24-9-6-11-28-27-10-5-8-23(31(27)35-32(24)28)20-13-16-22(34)17-14-20/h3-19H,1-2H3. The first-order valence-electron chi connectivity index (χ1n) is 12.0. The normalized spacial score (nSPS) is 13.8. The van der Waals surface area contributed by atoms with Crippen molar-refractivity contribution in [2.75, 3.05) is 0 Å². The van der Waals surface area contributed by atoms with E-state index in [-0.39, 0.29) is 5.41 Å². The molecule has 0 saturated carbocycles. The van der Waals surface area contributed by atoms with Crippen molar-refractivity contribution in [3.05, 3.63) is 119 Å². The molecule has 0 bridgehead atoms. The first-order valence-corrected chi connectivity index (χ1v) is 12.8. The van der Waals surface area contributed by atoms with Gasteiger partial charge >= 0.3 is 0 Å². The van der Waals surface area contributed by atoms with Gasteiger partial charge in [-0.3, -0.25) is 0 Å². The van der Waals surface area contributed by atoms with Gasteiger partial charge in [0.05, 0.1) is 0 Å². The van der Waals surface area contributed by atoms with Crippen LogP contribution in [-0.2, 0) is 5.41 Å². The molecule has 0 saturated heterocycles. The van der Waals surface area contributed by atoms with Crippen molar-refractivity contribution in [1.29, 1.82) is 0 Å². The zero-order valence-corrected chi connectivity index (χ0v) is 21.2. The third-order valence-corrected chi connectivity index (χ3v) is 8.10. The summed E-state index contributed by atoms with van der Waals surface area (Å²) in [6, 6.07) is 37.0. The summed E-state index contributed by atoms with van der Waals surface area (Å²) in [5.41, 5.74) is 11.9. The van der Waals surface area contributed by atoms with Crippen LogP contribution in [0.25, 0.3) is 55.3 Å². The number of rotatable bonds is 2. The fourth-order valence-electron chi connectivity index (χ4n) is 5.78. The lowest BCUT2D eigenvalue weighted by Crippen LogP contribution is -2.14. The van der Waals surface area contributed by atoms with Crippen molar-refractivity contribution < 1.29 is 4.42 Å². The molecule has 35 heavy (non-hydrogen) atoms. The lowest BCUT2D eigenvalue weighted by Gasteiger charge is -2.22. The van der Waals surface area contributed by atoms with E-state index in [0.29, 0.717) is 0 Å². The van der Waals surface area contributed by atoms with Crippen LogP contribution in [0.1, 0.15) is 25.0 Å². The Morgan fingerprint density at radius 3 is 1.83 bits per heavy atom. The number of hydrogen-bond donors (Lipinski definition) is 0. The quantitative estimate of drug-likeness (QED) is 0.224. The highest BCUT2D eigenvalue weighted by Gasteiger charge is 2.35. The molecule has 1 aromatic heterocycles. The monoisotopic (exact) mass is 514 g/mol. The van der Waals surface area contributed by atoms with Gasteiger partial charge in [0.25, 0.3) is 0 Å². The van der Waals surface area contributed by atoms with Gasteiger partial charge in [-0.1, -0.05) is 115 Å². The molecule has 0 N–H and O–H groups in total. The first kappa shape index (κ1) is 20.7. The summed E-state index contributed by atoms with van der Waals surface area (Å²) in [7, 11) is 0. The van der Waals surface area contributed by atoms with Gasteiger partial charge in [-0.15, -0.1) is 0 Å². The number of furan rings is 1. The molecule has 0 aliphatic heterocycles. The minimum Gasteiger partial charge on any atom is -0.455 e. The van der Waals surface area contributed by atoms with Crippen molar-refractivity contribution in [3.8, 4) is 33.4 Å². The molecule has 0 unspecified atom stereocenters. The van der Waals surface area contributed by atoms with E-state index < -0.39 is 0 Å². The Morgan fingerprint density at radius 2 is 1.11 bits per heavy atom. The van der Waals surface area contributed by atoms with Gasteiger partial charge in [0, 0.05) is 31.8 Å². The molecule has 168 valence electrons. The molecule has 1 heterocycles. The summed E-state index contributed by atoms with van der Waals surface area (Å²) in [6.07, 6.45) is 0. The van der Waals surface area contributed by atoms with Crippen LogP contribution in [0.3, 0.4) is 0 Å². The van der Waals surface area contributed by atoms with Crippen molar-refractivity contribution in [1.82, 2.24) is 0 Å². The molecule has 5 aromatic carbocycles. The number of fused-ring (bicyclic) bond motifs is 6. The van der Waals surface area contributed by atoms with Crippen LogP contribution in [0.2, 0.25) is 0 Å². The average Bonchev–Trinajstić information content (AvgIpc) is 3.38. The highest BCUT2D eigenvalue weighted by atomic mass is 79.9. The maximum atomic E-state index is 6.68. The largest absolute Gasteiger partial charge is 0.455 e. The van der Waals surface area contributed by atoms with Gasteiger partial charge in [-0.05, 0) is 51.6 Å². The van der Waals surface area contributed by atoms with Gasteiger partial charge < -0.3 is 4.42 Å².